The quantitative estimate of drug-likeness (QED) is 0.631. The van der Waals surface area contributed by atoms with Crippen molar-refractivity contribution in [3.8, 4) is 0 Å². The van der Waals surface area contributed by atoms with E-state index in [-0.39, 0.29) is 0 Å². The topological polar surface area (TPSA) is 9.23 Å². The lowest BCUT2D eigenvalue weighted by Gasteiger charge is -1.82. The molecule has 0 unspecified atom stereocenters. The molecular weight excluding hydrogens is 162 g/mol. The smallest absolute Gasteiger partial charge is 0.131 e. The number of methoxy groups -OCH3 is 1. The largest absolute Gasteiger partial charge is 0.385 e. The average Bonchev–Trinajstić information content (AvgIpc) is 2.11. The van der Waals surface area contributed by atoms with Crippen LogP contribution in [0.15, 0.2) is 18.2 Å². The number of hydrogen-bond acceptors (Lipinski definition) is 1. The Balaban J connectivity index is 0.000000261. The first-order chi connectivity index (χ1) is 5.70. The van der Waals surface area contributed by atoms with Gasteiger partial charge in [-0.15, -0.1) is 0 Å². The Kier molecular flexibility index (Phi) is 6.19. The van der Waals surface area contributed by atoms with E-state index in [1.807, 2.05) is 0 Å². The molecule has 0 spiro atoms. The molecule has 2 radical (unpaired) electrons. The standard InChI is InChI=1S/C6H3F2.C3H7O/c7-5-1-2-6(8)4-3-5;1-3-4-2/h1-3H;1,3H2,2H3. The Labute approximate surface area is 71.0 Å². The van der Waals surface area contributed by atoms with Crippen LogP contribution < -0.4 is 0 Å². The summed E-state index contributed by atoms with van der Waals surface area (Å²) in [5.74, 6) is -1.00. The Morgan fingerprint density at radius 2 is 2.08 bits per heavy atom. The summed E-state index contributed by atoms with van der Waals surface area (Å²) < 4.78 is 28.2. The summed E-state index contributed by atoms with van der Waals surface area (Å²) in [6, 6.07) is 5.08. The van der Waals surface area contributed by atoms with Gasteiger partial charge in [0.25, 0.3) is 0 Å². The van der Waals surface area contributed by atoms with E-state index in [0.717, 1.165) is 18.2 Å². The molecule has 0 bridgehead atoms. The van der Waals surface area contributed by atoms with E-state index < -0.39 is 11.6 Å². The summed E-state index contributed by atoms with van der Waals surface area (Å²) in [5.41, 5.74) is 0. The minimum atomic E-state index is -0.536. The molecule has 0 aliphatic heterocycles. The zero-order chi connectivity index (χ0) is 9.40. The maximum Gasteiger partial charge on any atom is 0.131 e. The summed E-state index contributed by atoms with van der Waals surface area (Å²) in [6.45, 7) is 3.95. The highest BCUT2D eigenvalue weighted by molar-refractivity contribution is 5.03. The molecule has 12 heavy (non-hydrogen) atoms. The first-order valence-electron chi connectivity index (χ1n) is 3.31. The molecule has 0 fully saturated rings. The van der Waals surface area contributed by atoms with Gasteiger partial charge in [-0.2, -0.15) is 0 Å². The van der Waals surface area contributed by atoms with Crippen molar-refractivity contribution in [2.24, 2.45) is 0 Å². The maximum absolute atomic E-state index is 11.9. The predicted octanol–water partition coefficient (Wildman–Crippen LogP) is 2.23. The minimum Gasteiger partial charge on any atom is -0.385 e. The fourth-order valence-corrected chi connectivity index (χ4v) is 0.387. The zero-order valence-corrected chi connectivity index (χ0v) is 6.81. The lowest BCUT2D eigenvalue weighted by atomic mass is 10.3. The SMILES string of the molecule is Fc1[c]cc(F)cc1.[CH2]COC. The van der Waals surface area contributed by atoms with Crippen LogP contribution in [0.25, 0.3) is 0 Å². The molecule has 0 amide bonds. The van der Waals surface area contributed by atoms with Crippen LogP contribution in [-0.2, 0) is 4.74 Å². The van der Waals surface area contributed by atoms with Gasteiger partial charge in [0.1, 0.15) is 11.6 Å². The molecule has 0 aliphatic rings. The Hall–Kier alpha value is -0.960. The highest BCUT2D eigenvalue weighted by Gasteiger charge is 1.87. The molecular formula is C9H10F2O. The number of ether oxygens (including phenoxy) is 1. The van der Waals surface area contributed by atoms with Crippen molar-refractivity contribution in [3.63, 3.8) is 0 Å². The van der Waals surface area contributed by atoms with Crippen LogP contribution in [0.1, 0.15) is 0 Å². The van der Waals surface area contributed by atoms with E-state index >= 15 is 0 Å². The Bertz CT molecular complexity index is 173. The zero-order valence-electron chi connectivity index (χ0n) is 6.81. The van der Waals surface area contributed by atoms with Gasteiger partial charge in [0.2, 0.25) is 0 Å². The second-order valence-electron chi connectivity index (χ2n) is 1.85. The summed E-state index contributed by atoms with van der Waals surface area (Å²) in [4.78, 5) is 0. The molecule has 0 heterocycles. The van der Waals surface area contributed by atoms with Crippen LogP contribution in [-0.4, -0.2) is 13.7 Å². The van der Waals surface area contributed by atoms with Crippen LogP contribution in [0.3, 0.4) is 0 Å². The normalized spacial score (nSPS) is 8.67. The van der Waals surface area contributed by atoms with Gasteiger partial charge in [-0.25, -0.2) is 8.78 Å². The van der Waals surface area contributed by atoms with E-state index in [1.54, 1.807) is 7.11 Å². The summed E-state index contributed by atoms with van der Waals surface area (Å²) in [6.07, 6.45) is 0. The van der Waals surface area contributed by atoms with Gasteiger partial charge in [0.15, 0.2) is 0 Å². The third kappa shape index (κ3) is 5.80. The van der Waals surface area contributed by atoms with E-state index in [9.17, 15) is 8.78 Å². The first kappa shape index (κ1) is 11.0. The fraction of sp³-hybridized carbons (Fsp3) is 0.222. The third-order valence-electron chi connectivity index (χ3n) is 0.941. The van der Waals surface area contributed by atoms with Crippen molar-refractivity contribution in [2.75, 3.05) is 13.7 Å². The molecule has 1 rings (SSSR count). The van der Waals surface area contributed by atoms with Gasteiger partial charge in [0, 0.05) is 19.8 Å². The second-order valence-corrected chi connectivity index (χ2v) is 1.85. The van der Waals surface area contributed by atoms with Crippen LogP contribution >= 0.6 is 0 Å². The molecule has 3 heteroatoms. The molecule has 0 N–H and O–H groups in total. The molecule has 0 atom stereocenters. The van der Waals surface area contributed by atoms with Crippen LogP contribution in [0.2, 0.25) is 0 Å². The third-order valence-corrected chi connectivity index (χ3v) is 0.941. The van der Waals surface area contributed by atoms with E-state index in [4.69, 9.17) is 0 Å². The number of hydrogen-bond donors (Lipinski definition) is 0. The highest BCUT2D eigenvalue weighted by atomic mass is 19.1. The number of halogens is 2. The van der Waals surface area contributed by atoms with Crippen molar-refractivity contribution >= 4 is 0 Å². The molecule has 66 valence electrons. The number of rotatable bonds is 1. The van der Waals surface area contributed by atoms with E-state index in [2.05, 4.69) is 17.7 Å². The van der Waals surface area contributed by atoms with Crippen LogP contribution in [0.4, 0.5) is 8.78 Å². The highest BCUT2D eigenvalue weighted by Crippen LogP contribution is 1.97. The van der Waals surface area contributed by atoms with Gasteiger partial charge in [-0.05, 0) is 25.1 Å². The predicted molar refractivity (Wildman–Crippen MR) is 42.4 cm³/mol. The number of benzene rings is 1. The van der Waals surface area contributed by atoms with E-state index in [0.29, 0.717) is 6.61 Å². The Morgan fingerprint density at radius 1 is 1.50 bits per heavy atom. The van der Waals surface area contributed by atoms with Crippen molar-refractivity contribution < 1.29 is 13.5 Å². The van der Waals surface area contributed by atoms with Crippen molar-refractivity contribution in [1.29, 1.82) is 0 Å². The first-order valence-corrected chi connectivity index (χ1v) is 3.31. The van der Waals surface area contributed by atoms with Crippen LogP contribution in [0.5, 0.6) is 0 Å². The fourth-order valence-electron chi connectivity index (χ4n) is 0.387. The lowest BCUT2D eigenvalue weighted by Crippen LogP contribution is -1.74. The molecule has 1 aromatic carbocycles. The maximum atomic E-state index is 11.9. The van der Waals surface area contributed by atoms with E-state index in [1.165, 1.54) is 0 Å². The molecule has 0 saturated carbocycles. The lowest BCUT2D eigenvalue weighted by molar-refractivity contribution is 0.232. The molecule has 1 nitrogen and oxygen atoms in total. The van der Waals surface area contributed by atoms with Crippen molar-refractivity contribution in [3.05, 3.63) is 42.8 Å². The summed E-state index contributed by atoms with van der Waals surface area (Å²) in [7, 11) is 1.62. The summed E-state index contributed by atoms with van der Waals surface area (Å²) in [5, 5.41) is 0. The summed E-state index contributed by atoms with van der Waals surface area (Å²) >= 11 is 0. The van der Waals surface area contributed by atoms with Crippen molar-refractivity contribution in [2.45, 2.75) is 0 Å². The van der Waals surface area contributed by atoms with Crippen LogP contribution in [0, 0.1) is 24.6 Å². The average molecular weight is 172 g/mol. The van der Waals surface area contributed by atoms with Gasteiger partial charge in [-0.1, -0.05) is 0 Å². The second kappa shape index (κ2) is 6.73. The Morgan fingerprint density at radius 3 is 2.33 bits per heavy atom. The van der Waals surface area contributed by atoms with Gasteiger partial charge in [0.05, 0.1) is 0 Å². The molecule has 0 aliphatic carbocycles. The monoisotopic (exact) mass is 172 g/mol. The van der Waals surface area contributed by atoms with Gasteiger partial charge in [-0.3, -0.25) is 0 Å². The van der Waals surface area contributed by atoms with Gasteiger partial charge < -0.3 is 4.74 Å². The minimum absolute atomic E-state index is 0.466. The molecule has 0 aromatic heterocycles. The van der Waals surface area contributed by atoms with Gasteiger partial charge >= 0.3 is 0 Å². The van der Waals surface area contributed by atoms with Crippen molar-refractivity contribution in [1.82, 2.24) is 0 Å². The molecule has 0 saturated heterocycles. The molecule has 1 aromatic rings.